The van der Waals surface area contributed by atoms with E-state index in [-0.39, 0.29) is 0 Å². The van der Waals surface area contributed by atoms with Crippen molar-refractivity contribution in [1.29, 1.82) is 0 Å². The van der Waals surface area contributed by atoms with Gasteiger partial charge in [-0.1, -0.05) is 0 Å². The van der Waals surface area contributed by atoms with Crippen molar-refractivity contribution < 1.29 is 0 Å². The van der Waals surface area contributed by atoms with E-state index in [0.29, 0.717) is 15.2 Å². The van der Waals surface area contributed by atoms with Crippen molar-refractivity contribution in [1.82, 2.24) is 8.90 Å². The van der Waals surface area contributed by atoms with Gasteiger partial charge in [0.1, 0.15) is 0 Å². The normalized spacial score (nSPS) is 18.1. The molecular weight excluding hydrogens is 265 g/mol. The van der Waals surface area contributed by atoms with Crippen molar-refractivity contribution in [2.75, 3.05) is 31.1 Å². The molecular formula is C12H17N3Se. The maximum absolute atomic E-state index is 4.18. The Bertz CT molecular complexity index is 328. The SMILES string of the molecule is C=C[Se]N1CCCN(c2cccnc2)CC1. The van der Waals surface area contributed by atoms with E-state index in [2.05, 4.69) is 26.4 Å². The number of rotatable bonds is 3. The summed E-state index contributed by atoms with van der Waals surface area (Å²) >= 11 is 0.463. The molecule has 0 aromatic carbocycles. The minimum atomic E-state index is 0.463. The van der Waals surface area contributed by atoms with Crippen LogP contribution in [0.5, 0.6) is 0 Å². The summed E-state index contributed by atoms with van der Waals surface area (Å²) in [6.45, 7) is 8.39. The van der Waals surface area contributed by atoms with Gasteiger partial charge in [0.2, 0.25) is 0 Å². The van der Waals surface area contributed by atoms with Crippen molar-refractivity contribution in [2.45, 2.75) is 6.42 Å². The van der Waals surface area contributed by atoms with Gasteiger partial charge in [-0.15, -0.1) is 0 Å². The molecule has 1 aromatic heterocycles. The fourth-order valence-corrected chi connectivity index (χ4v) is 3.23. The molecule has 4 heteroatoms. The van der Waals surface area contributed by atoms with Crippen molar-refractivity contribution in [3.8, 4) is 0 Å². The molecule has 16 heavy (non-hydrogen) atoms. The summed E-state index contributed by atoms with van der Waals surface area (Å²) in [5, 5.41) is 0. The van der Waals surface area contributed by atoms with Gasteiger partial charge in [-0.3, -0.25) is 0 Å². The molecule has 86 valence electrons. The molecule has 0 N–H and O–H groups in total. The molecule has 1 aromatic rings. The number of aromatic nitrogens is 1. The molecule has 0 atom stereocenters. The molecule has 0 radical (unpaired) electrons. The average Bonchev–Trinajstić information content (AvgIpc) is 2.57. The van der Waals surface area contributed by atoms with Gasteiger partial charge in [-0.2, -0.15) is 0 Å². The molecule has 0 saturated carbocycles. The molecule has 1 saturated heterocycles. The van der Waals surface area contributed by atoms with Crippen molar-refractivity contribution in [3.63, 3.8) is 0 Å². The summed E-state index contributed by atoms with van der Waals surface area (Å²) in [6, 6.07) is 4.15. The molecule has 1 aliphatic heterocycles. The molecule has 0 amide bonds. The van der Waals surface area contributed by atoms with E-state index in [1.54, 1.807) is 0 Å². The third-order valence-electron chi connectivity index (χ3n) is 2.69. The fourth-order valence-electron chi connectivity index (χ4n) is 1.90. The number of nitrogens with zero attached hydrogens (tertiary/aromatic N) is 3. The standard InChI is InChI=1S/C12H17N3Se/c1-2-16-15-8-4-7-14(9-10-15)12-5-3-6-13-11-12/h2-3,5-6,11H,1,4,7-10H2. The first kappa shape index (κ1) is 11.6. The molecule has 0 unspecified atom stereocenters. The van der Waals surface area contributed by atoms with Crippen LogP contribution in [0.4, 0.5) is 5.69 Å². The van der Waals surface area contributed by atoms with Gasteiger partial charge in [0.25, 0.3) is 0 Å². The van der Waals surface area contributed by atoms with Gasteiger partial charge in [-0.25, -0.2) is 0 Å². The third-order valence-corrected chi connectivity index (χ3v) is 4.39. The second kappa shape index (κ2) is 6.04. The van der Waals surface area contributed by atoms with E-state index in [1.807, 2.05) is 23.4 Å². The predicted molar refractivity (Wildman–Crippen MR) is 68.6 cm³/mol. The van der Waals surface area contributed by atoms with Gasteiger partial charge in [0.05, 0.1) is 0 Å². The Morgan fingerprint density at radius 1 is 1.31 bits per heavy atom. The predicted octanol–water partition coefficient (Wildman–Crippen LogP) is 1.36. The second-order valence-corrected chi connectivity index (χ2v) is 5.98. The third kappa shape index (κ3) is 3.08. The molecule has 3 nitrogen and oxygen atoms in total. The van der Waals surface area contributed by atoms with Crippen LogP contribution >= 0.6 is 0 Å². The van der Waals surface area contributed by atoms with Crippen LogP contribution in [-0.4, -0.2) is 50.3 Å². The number of anilines is 1. The van der Waals surface area contributed by atoms with E-state index < -0.39 is 0 Å². The second-order valence-electron chi connectivity index (χ2n) is 3.75. The molecule has 2 rings (SSSR count). The first-order valence-electron chi connectivity index (χ1n) is 5.58. The molecule has 0 spiro atoms. The molecule has 2 heterocycles. The first-order chi connectivity index (χ1) is 7.90. The van der Waals surface area contributed by atoms with Gasteiger partial charge in [0, 0.05) is 0 Å². The Morgan fingerprint density at radius 2 is 2.25 bits per heavy atom. The van der Waals surface area contributed by atoms with Crippen LogP contribution in [-0.2, 0) is 0 Å². The molecule has 0 aliphatic carbocycles. The first-order valence-corrected chi connectivity index (χ1v) is 7.33. The van der Waals surface area contributed by atoms with Crippen molar-refractivity contribution >= 4 is 20.9 Å². The van der Waals surface area contributed by atoms with Crippen LogP contribution in [0.3, 0.4) is 0 Å². The van der Waals surface area contributed by atoms with E-state index in [0.717, 1.165) is 19.6 Å². The number of hydrogen-bond donors (Lipinski definition) is 0. The summed E-state index contributed by atoms with van der Waals surface area (Å²) < 4.78 is 2.51. The summed E-state index contributed by atoms with van der Waals surface area (Å²) in [5.74, 6) is 0. The van der Waals surface area contributed by atoms with Gasteiger partial charge in [0.15, 0.2) is 0 Å². The van der Waals surface area contributed by atoms with E-state index in [1.165, 1.54) is 18.7 Å². The summed E-state index contributed by atoms with van der Waals surface area (Å²) in [6.07, 6.45) is 5.01. The van der Waals surface area contributed by atoms with E-state index in [4.69, 9.17) is 0 Å². The molecule has 1 aliphatic rings. The summed E-state index contributed by atoms with van der Waals surface area (Å²) in [7, 11) is 0. The van der Waals surface area contributed by atoms with Crippen molar-refractivity contribution in [2.24, 2.45) is 0 Å². The zero-order valence-electron chi connectivity index (χ0n) is 9.38. The van der Waals surface area contributed by atoms with Crippen LogP contribution in [0.1, 0.15) is 6.42 Å². The minimum absolute atomic E-state index is 0.463. The van der Waals surface area contributed by atoms with Crippen LogP contribution < -0.4 is 4.90 Å². The molecule has 0 bridgehead atoms. The van der Waals surface area contributed by atoms with Crippen LogP contribution in [0.2, 0.25) is 0 Å². The monoisotopic (exact) mass is 283 g/mol. The van der Waals surface area contributed by atoms with Crippen LogP contribution in [0, 0.1) is 0 Å². The van der Waals surface area contributed by atoms with E-state index >= 15 is 0 Å². The van der Waals surface area contributed by atoms with Gasteiger partial charge >= 0.3 is 103 Å². The summed E-state index contributed by atoms with van der Waals surface area (Å²) in [4.78, 5) is 8.65. The van der Waals surface area contributed by atoms with Gasteiger partial charge in [-0.05, 0) is 0 Å². The Labute approximate surface area is 104 Å². The van der Waals surface area contributed by atoms with Crippen LogP contribution in [0.25, 0.3) is 0 Å². The van der Waals surface area contributed by atoms with Crippen molar-refractivity contribution in [3.05, 3.63) is 36.1 Å². The Balaban J connectivity index is 1.96. The number of pyridine rings is 1. The quantitative estimate of drug-likeness (QED) is 0.780. The molecule has 1 fully saturated rings. The fraction of sp³-hybridized carbons (Fsp3) is 0.417. The summed E-state index contributed by atoms with van der Waals surface area (Å²) in [5.41, 5.74) is 1.25. The average molecular weight is 282 g/mol. The Morgan fingerprint density at radius 3 is 3.00 bits per heavy atom. The zero-order chi connectivity index (χ0) is 11.2. The zero-order valence-corrected chi connectivity index (χ0v) is 11.1. The Kier molecular flexibility index (Phi) is 4.40. The number of hydrogen-bond acceptors (Lipinski definition) is 3. The van der Waals surface area contributed by atoms with E-state index in [9.17, 15) is 0 Å². The van der Waals surface area contributed by atoms with Gasteiger partial charge < -0.3 is 0 Å². The Hall–Kier alpha value is -0.831. The maximum atomic E-state index is 4.18. The topological polar surface area (TPSA) is 19.4 Å². The van der Waals surface area contributed by atoms with Crippen LogP contribution in [0.15, 0.2) is 36.1 Å².